The predicted molar refractivity (Wildman–Crippen MR) is 81.0 cm³/mol. The van der Waals surface area contributed by atoms with E-state index in [1.54, 1.807) is 0 Å². The highest BCUT2D eigenvalue weighted by molar-refractivity contribution is 4.62. The third-order valence-corrected chi connectivity index (χ3v) is 3.68. The number of rotatable bonds is 14. The lowest BCUT2D eigenvalue weighted by molar-refractivity contribution is 0.238. The quantitative estimate of drug-likeness (QED) is 0.456. The average Bonchev–Trinajstić information content (AvgIpc) is 2.40. The van der Waals surface area contributed by atoms with Crippen molar-refractivity contribution >= 4 is 0 Å². The molecule has 0 aliphatic rings. The van der Waals surface area contributed by atoms with Crippen molar-refractivity contribution in [1.82, 2.24) is 5.32 Å². The maximum Gasteiger partial charge on any atom is 0.0584 e. The first-order valence-electron chi connectivity index (χ1n) is 8.19. The summed E-state index contributed by atoms with van der Waals surface area (Å²) in [4.78, 5) is 0. The molecule has 0 saturated carbocycles. The molecule has 0 amide bonds. The topological polar surface area (TPSA) is 32.3 Å². The molecule has 0 radical (unpaired) electrons. The zero-order valence-electron chi connectivity index (χ0n) is 12.7. The van der Waals surface area contributed by atoms with E-state index in [0.717, 1.165) is 13.0 Å². The summed E-state index contributed by atoms with van der Waals surface area (Å²) in [6.07, 6.45) is 14.9. The van der Waals surface area contributed by atoms with Gasteiger partial charge in [0.15, 0.2) is 0 Å². The molecule has 2 heteroatoms. The molecular weight excluding hydrogens is 222 g/mol. The highest BCUT2D eigenvalue weighted by Gasteiger charge is 2.01. The van der Waals surface area contributed by atoms with E-state index in [1.165, 1.54) is 64.2 Å². The molecule has 1 atom stereocenters. The highest BCUT2D eigenvalue weighted by atomic mass is 16.3. The highest BCUT2D eigenvalue weighted by Crippen LogP contribution is 2.10. The predicted octanol–water partition coefficient (Wildman–Crippen LogP) is 4.27. The Kier molecular flexibility index (Phi) is 14.9. The fraction of sp³-hybridized carbons (Fsp3) is 1.00. The molecule has 0 spiro atoms. The van der Waals surface area contributed by atoms with Gasteiger partial charge < -0.3 is 10.4 Å². The minimum Gasteiger partial charge on any atom is -0.395 e. The van der Waals surface area contributed by atoms with Crippen molar-refractivity contribution in [2.24, 2.45) is 0 Å². The van der Waals surface area contributed by atoms with Gasteiger partial charge in [-0.2, -0.15) is 0 Å². The Labute approximate surface area is 115 Å². The Morgan fingerprint density at radius 2 is 1.28 bits per heavy atom. The second kappa shape index (κ2) is 15.0. The summed E-state index contributed by atoms with van der Waals surface area (Å²) in [5.74, 6) is 0. The summed E-state index contributed by atoms with van der Waals surface area (Å²) in [7, 11) is 0. The number of hydrogen-bond acceptors (Lipinski definition) is 2. The van der Waals surface area contributed by atoms with E-state index in [9.17, 15) is 0 Å². The summed E-state index contributed by atoms with van der Waals surface area (Å²) in [5, 5.41) is 12.4. The summed E-state index contributed by atoms with van der Waals surface area (Å²) in [5.41, 5.74) is 0. The van der Waals surface area contributed by atoms with Crippen molar-refractivity contribution in [2.75, 3.05) is 13.2 Å². The van der Waals surface area contributed by atoms with E-state index in [1.807, 2.05) is 0 Å². The molecule has 0 unspecified atom stereocenters. The van der Waals surface area contributed by atoms with E-state index in [0.29, 0.717) is 6.04 Å². The van der Waals surface area contributed by atoms with Gasteiger partial charge in [0.25, 0.3) is 0 Å². The molecule has 2 N–H and O–H groups in total. The summed E-state index contributed by atoms with van der Waals surface area (Å²) < 4.78 is 0. The SMILES string of the molecule is CCCCCCCCCCCCN[C@@H](CC)CO. The van der Waals surface area contributed by atoms with Crippen LogP contribution in [0.25, 0.3) is 0 Å². The molecule has 0 bridgehead atoms. The van der Waals surface area contributed by atoms with Gasteiger partial charge in [-0.25, -0.2) is 0 Å². The second-order valence-electron chi connectivity index (χ2n) is 5.42. The third kappa shape index (κ3) is 12.4. The number of nitrogens with one attached hydrogen (secondary N) is 1. The maximum atomic E-state index is 9.02. The van der Waals surface area contributed by atoms with E-state index in [2.05, 4.69) is 19.2 Å². The minimum absolute atomic E-state index is 0.272. The van der Waals surface area contributed by atoms with Gasteiger partial charge in [0.2, 0.25) is 0 Å². The van der Waals surface area contributed by atoms with Crippen LogP contribution in [0.2, 0.25) is 0 Å². The Balaban J connectivity index is 3.03. The van der Waals surface area contributed by atoms with Crippen LogP contribution in [-0.4, -0.2) is 24.3 Å². The van der Waals surface area contributed by atoms with Crippen LogP contribution >= 0.6 is 0 Å². The monoisotopic (exact) mass is 257 g/mol. The molecule has 0 saturated heterocycles. The van der Waals surface area contributed by atoms with Gasteiger partial charge in [-0.15, -0.1) is 0 Å². The van der Waals surface area contributed by atoms with Crippen LogP contribution in [0.4, 0.5) is 0 Å². The second-order valence-corrected chi connectivity index (χ2v) is 5.42. The molecule has 0 aliphatic carbocycles. The van der Waals surface area contributed by atoms with Crippen LogP contribution in [0, 0.1) is 0 Å². The van der Waals surface area contributed by atoms with Crippen molar-refractivity contribution < 1.29 is 5.11 Å². The van der Waals surface area contributed by atoms with E-state index in [4.69, 9.17) is 5.11 Å². The number of unbranched alkanes of at least 4 members (excludes halogenated alkanes) is 9. The summed E-state index contributed by atoms with van der Waals surface area (Å²) >= 11 is 0. The summed E-state index contributed by atoms with van der Waals surface area (Å²) in [6.45, 7) is 5.73. The molecule has 2 nitrogen and oxygen atoms in total. The van der Waals surface area contributed by atoms with Crippen LogP contribution in [0.3, 0.4) is 0 Å². The third-order valence-electron chi connectivity index (χ3n) is 3.68. The van der Waals surface area contributed by atoms with Crippen molar-refractivity contribution in [3.05, 3.63) is 0 Å². The molecule has 0 heterocycles. The molecule has 0 aromatic rings. The van der Waals surface area contributed by atoms with Crippen molar-refractivity contribution in [3.63, 3.8) is 0 Å². The smallest absolute Gasteiger partial charge is 0.0584 e. The number of aliphatic hydroxyl groups excluding tert-OH is 1. The molecule has 0 aromatic heterocycles. The fourth-order valence-corrected chi connectivity index (χ4v) is 2.26. The van der Waals surface area contributed by atoms with Gasteiger partial charge in [-0.05, 0) is 19.4 Å². The van der Waals surface area contributed by atoms with Crippen LogP contribution in [-0.2, 0) is 0 Å². The van der Waals surface area contributed by atoms with Crippen molar-refractivity contribution in [3.8, 4) is 0 Å². The van der Waals surface area contributed by atoms with Gasteiger partial charge in [-0.3, -0.25) is 0 Å². The minimum atomic E-state index is 0.272. The Morgan fingerprint density at radius 3 is 1.72 bits per heavy atom. The first kappa shape index (κ1) is 17.9. The molecule has 0 aliphatic heterocycles. The van der Waals surface area contributed by atoms with E-state index >= 15 is 0 Å². The van der Waals surface area contributed by atoms with Crippen LogP contribution < -0.4 is 5.32 Å². The molecule has 0 rings (SSSR count). The molecule has 0 fully saturated rings. The summed E-state index contributed by atoms with van der Waals surface area (Å²) in [6, 6.07) is 0.309. The fourth-order valence-electron chi connectivity index (χ4n) is 2.26. The molecule has 110 valence electrons. The molecular formula is C16H35NO. The standard InChI is InChI=1S/C16H35NO/c1-3-5-6-7-8-9-10-11-12-13-14-17-16(4-2)15-18/h16-18H,3-15H2,1-2H3/t16-/m0/s1. The lowest BCUT2D eigenvalue weighted by Gasteiger charge is -2.13. The molecule has 0 aromatic carbocycles. The largest absolute Gasteiger partial charge is 0.395 e. The maximum absolute atomic E-state index is 9.02. The van der Waals surface area contributed by atoms with Crippen molar-refractivity contribution in [1.29, 1.82) is 0 Å². The van der Waals surface area contributed by atoms with Gasteiger partial charge in [-0.1, -0.05) is 71.6 Å². The zero-order valence-corrected chi connectivity index (χ0v) is 12.7. The first-order valence-corrected chi connectivity index (χ1v) is 8.19. The zero-order chi connectivity index (χ0) is 13.5. The van der Waals surface area contributed by atoms with Crippen LogP contribution in [0.5, 0.6) is 0 Å². The Morgan fingerprint density at radius 1 is 0.778 bits per heavy atom. The van der Waals surface area contributed by atoms with Gasteiger partial charge in [0, 0.05) is 6.04 Å². The van der Waals surface area contributed by atoms with E-state index in [-0.39, 0.29) is 6.61 Å². The van der Waals surface area contributed by atoms with Gasteiger partial charge >= 0.3 is 0 Å². The lowest BCUT2D eigenvalue weighted by atomic mass is 10.1. The first-order chi connectivity index (χ1) is 8.85. The van der Waals surface area contributed by atoms with Gasteiger partial charge in [0.1, 0.15) is 0 Å². The van der Waals surface area contributed by atoms with E-state index < -0.39 is 0 Å². The van der Waals surface area contributed by atoms with Crippen LogP contribution in [0.15, 0.2) is 0 Å². The Bertz CT molecular complexity index is 146. The van der Waals surface area contributed by atoms with Gasteiger partial charge in [0.05, 0.1) is 6.61 Å². The number of hydrogen-bond donors (Lipinski definition) is 2. The van der Waals surface area contributed by atoms with Crippen LogP contribution in [0.1, 0.15) is 84.5 Å². The number of aliphatic hydroxyl groups is 1. The molecule has 18 heavy (non-hydrogen) atoms. The average molecular weight is 257 g/mol. The normalized spacial score (nSPS) is 12.8. The van der Waals surface area contributed by atoms with Crippen molar-refractivity contribution in [2.45, 2.75) is 90.5 Å². The Hall–Kier alpha value is -0.0800. The lowest BCUT2D eigenvalue weighted by Crippen LogP contribution is -2.32.